The first-order valence-corrected chi connectivity index (χ1v) is 8.88. The third kappa shape index (κ3) is 4.20. The smallest absolute Gasteiger partial charge is 0.142 e. The highest BCUT2D eigenvalue weighted by Crippen LogP contribution is 2.31. The predicted molar refractivity (Wildman–Crippen MR) is 100 cm³/mol. The molecule has 0 aliphatic heterocycles. The highest BCUT2D eigenvalue weighted by Gasteiger charge is 2.33. The Morgan fingerprint density at radius 3 is 2.73 bits per heavy atom. The van der Waals surface area contributed by atoms with Gasteiger partial charge in [0.1, 0.15) is 22.6 Å². The van der Waals surface area contributed by atoms with Crippen LogP contribution >= 0.6 is 11.6 Å². The van der Waals surface area contributed by atoms with Gasteiger partial charge in [0, 0.05) is 24.1 Å². The molecule has 0 amide bonds. The highest BCUT2D eigenvalue weighted by molar-refractivity contribution is 6.31. The molecule has 3 atom stereocenters. The van der Waals surface area contributed by atoms with Crippen molar-refractivity contribution in [2.45, 2.75) is 31.9 Å². The van der Waals surface area contributed by atoms with Gasteiger partial charge in [-0.2, -0.15) is 0 Å². The predicted octanol–water partition coefficient (Wildman–Crippen LogP) is 3.29. The van der Waals surface area contributed by atoms with Crippen LogP contribution in [0.4, 0.5) is 10.2 Å². The van der Waals surface area contributed by atoms with E-state index in [9.17, 15) is 14.6 Å². The van der Waals surface area contributed by atoms with Crippen LogP contribution in [-0.2, 0) is 0 Å². The number of nitrogens with zero attached hydrogens (tertiary/aromatic N) is 2. The van der Waals surface area contributed by atoms with Crippen LogP contribution in [0.5, 0.6) is 0 Å². The van der Waals surface area contributed by atoms with Crippen LogP contribution in [-0.4, -0.2) is 38.9 Å². The van der Waals surface area contributed by atoms with Crippen molar-refractivity contribution in [1.82, 2.24) is 9.97 Å². The maximum absolute atomic E-state index is 13.8. The number of aliphatic hydroxyl groups is 2. The lowest BCUT2D eigenvalue weighted by molar-refractivity contribution is 0.0908. The first-order chi connectivity index (χ1) is 12.5. The van der Waals surface area contributed by atoms with Gasteiger partial charge in [0.15, 0.2) is 0 Å². The molecule has 7 heteroatoms. The molecule has 1 aliphatic carbocycles. The summed E-state index contributed by atoms with van der Waals surface area (Å²) in [6.45, 7) is 1.68. The van der Waals surface area contributed by atoms with Crippen LogP contribution < -0.4 is 5.32 Å². The fraction of sp³-hybridized carbons (Fsp3) is 0.368. The average Bonchev–Trinajstić information content (AvgIpc) is 2.95. The standard InChI is InChI=1S/C19H21ClFN3O2/c1-11-22-18(20)15(7-6-12-4-2-3-5-16(12)21)19(23-11)24-14-8-13(10-25)17(26)9-14/h2-7,13-14,17,25-26H,8-10H2,1H3,(H,22,23,24)/b7-6+/t13-,14-,17+/m1/s1. The Balaban J connectivity index is 1.87. The average molecular weight is 378 g/mol. The Morgan fingerprint density at radius 1 is 1.27 bits per heavy atom. The van der Waals surface area contributed by atoms with Crippen molar-refractivity contribution in [2.75, 3.05) is 11.9 Å². The largest absolute Gasteiger partial charge is 0.396 e. The van der Waals surface area contributed by atoms with E-state index in [1.165, 1.54) is 6.07 Å². The topological polar surface area (TPSA) is 78.3 Å². The zero-order valence-electron chi connectivity index (χ0n) is 14.4. The molecule has 1 fully saturated rings. The van der Waals surface area contributed by atoms with E-state index < -0.39 is 6.10 Å². The van der Waals surface area contributed by atoms with E-state index in [0.29, 0.717) is 35.6 Å². The second kappa shape index (κ2) is 8.12. The summed E-state index contributed by atoms with van der Waals surface area (Å²) in [5.74, 6) is 0.569. The van der Waals surface area contributed by atoms with Gasteiger partial charge in [-0.3, -0.25) is 0 Å². The van der Waals surface area contributed by atoms with Crippen LogP contribution in [0.25, 0.3) is 12.2 Å². The number of anilines is 1. The summed E-state index contributed by atoms with van der Waals surface area (Å²) in [6.07, 6.45) is 3.91. The number of aryl methyl sites for hydroxylation is 1. The van der Waals surface area contributed by atoms with Gasteiger partial charge < -0.3 is 15.5 Å². The van der Waals surface area contributed by atoms with Gasteiger partial charge in [0.25, 0.3) is 0 Å². The molecule has 3 rings (SSSR count). The van der Waals surface area contributed by atoms with Gasteiger partial charge in [-0.1, -0.05) is 35.9 Å². The van der Waals surface area contributed by atoms with E-state index in [-0.39, 0.29) is 29.5 Å². The molecular weight excluding hydrogens is 357 g/mol. The molecule has 0 spiro atoms. The maximum atomic E-state index is 13.8. The number of halogens is 2. The molecule has 2 aromatic rings. The molecule has 1 aromatic carbocycles. The summed E-state index contributed by atoms with van der Waals surface area (Å²) in [7, 11) is 0. The summed E-state index contributed by atoms with van der Waals surface area (Å²) < 4.78 is 13.8. The lowest BCUT2D eigenvalue weighted by Crippen LogP contribution is -2.19. The lowest BCUT2D eigenvalue weighted by atomic mass is 10.1. The number of aliphatic hydroxyl groups excluding tert-OH is 2. The van der Waals surface area contributed by atoms with Crippen molar-refractivity contribution in [3.8, 4) is 0 Å². The van der Waals surface area contributed by atoms with Gasteiger partial charge in [-0.15, -0.1) is 0 Å². The molecule has 1 aromatic heterocycles. The fourth-order valence-electron chi connectivity index (χ4n) is 3.20. The highest BCUT2D eigenvalue weighted by atomic mass is 35.5. The van der Waals surface area contributed by atoms with E-state index >= 15 is 0 Å². The molecular formula is C19H21ClFN3O2. The van der Waals surface area contributed by atoms with Crippen LogP contribution in [0.2, 0.25) is 5.15 Å². The minimum absolute atomic E-state index is 0.0341. The van der Waals surface area contributed by atoms with Crippen LogP contribution in [0.1, 0.15) is 29.8 Å². The number of hydrogen-bond donors (Lipinski definition) is 3. The second-order valence-corrected chi connectivity index (χ2v) is 6.86. The molecule has 0 radical (unpaired) electrons. The number of benzene rings is 1. The first-order valence-electron chi connectivity index (χ1n) is 8.50. The van der Waals surface area contributed by atoms with E-state index in [1.54, 1.807) is 37.3 Å². The van der Waals surface area contributed by atoms with Crippen molar-refractivity contribution in [2.24, 2.45) is 5.92 Å². The Kier molecular flexibility index (Phi) is 5.86. The van der Waals surface area contributed by atoms with Gasteiger partial charge in [-0.05, 0) is 31.9 Å². The zero-order valence-corrected chi connectivity index (χ0v) is 15.1. The quantitative estimate of drug-likeness (QED) is 0.697. The van der Waals surface area contributed by atoms with Gasteiger partial charge in [-0.25, -0.2) is 14.4 Å². The Hall–Kier alpha value is -2.02. The van der Waals surface area contributed by atoms with Crippen molar-refractivity contribution < 1.29 is 14.6 Å². The van der Waals surface area contributed by atoms with Crippen LogP contribution in [0.15, 0.2) is 24.3 Å². The Morgan fingerprint density at radius 2 is 2.04 bits per heavy atom. The SMILES string of the molecule is Cc1nc(Cl)c(/C=C/c2ccccc2F)c(N[C@@H]2C[C@H](CO)[C@@H](O)C2)n1. The lowest BCUT2D eigenvalue weighted by Gasteiger charge is -2.16. The molecule has 1 heterocycles. The number of hydrogen-bond acceptors (Lipinski definition) is 5. The summed E-state index contributed by atoms with van der Waals surface area (Å²) in [4.78, 5) is 8.58. The van der Waals surface area contributed by atoms with Crippen molar-refractivity contribution in [3.05, 3.63) is 52.2 Å². The van der Waals surface area contributed by atoms with Gasteiger partial charge in [0.2, 0.25) is 0 Å². The van der Waals surface area contributed by atoms with E-state index in [1.807, 2.05) is 0 Å². The molecule has 0 saturated heterocycles. The minimum atomic E-state index is -0.548. The number of rotatable bonds is 5. The summed E-state index contributed by atoms with van der Waals surface area (Å²) >= 11 is 6.29. The molecule has 0 unspecified atom stereocenters. The first kappa shape index (κ1) is 18.8. The summed E-state index contributed by atoms with van der Waals surface area (Å²) in [5, 5.41) is 22.9. The minimum Gasteiger partial charge on any atom is -0.396 e. The van der Waals surface area contributed by atoms with Crippen molar-refractivity contribution in [1.29, 1.82) is 0 Å². The molecule has 26 heavy (non-hydrogen) atoms. The van der Waals surface area contributed by atoms with Crippen molar-refractivity contribution >= 4 is 29.6 Å². The fourth-order valence-corrected chi connectivity index (χ4v) is 3.47. The van der Waals surface area contributed by atoms with Gasteiger partial charge >= 0.3 is 0 Å². The van der Waals surface area contributed by atoms with Gasteiger partial charge in [0.05, 0.1) is 11.7 Å². The molecule has 138 valence electrons. The summed E-state index contributed by atoms with van der Waals surface area (Å²) in [6, 6.07) is 6.41. The Bertz CT molecular complexity index is 815. The maximum Gasteiger partial charge on any atom is 0.142 e. The Labute approximate surface area is 156 Å². The second-order valence-electron chi connectivity index (χ2n) is 6.50. The van der Waals surface area contributed by atoms with E-state index in [4.69, 9.17) is 11.6 Å². The molecule has 1 saturated carbocycles. The molecule has 1 aliphatic rings. The molecule has 0 bridgehead atoms. The monoisotopic (exact) mass is 377 g/mol. The summed E-state index contributed by atoms with van der Waals surface area (Å²) in [5.41, 5.74) is 0.995. The zero-order chi connectivity index (χ0) is 18.7. The van der Waals surface area contributed by atoms with Crippen molar-refractivity contribution in [3.63, 3.8) is 0 Å². The van der Waals surface area contributed by atoms with Crippen LogP contribution in [0, 0.1) is 18.7 Å². The molecule has 3 N–H and O–H groups in total. The normalized spacial score (nSPS) is 22.9. The van der Waals surface area contributed by atoms with Crippen LogP contribution in [0.3, 0.4) is 0 Å². The number of nitrogens with one attached hydrogen (secondary N) is 1. The third-order valence-corrected chi connectivity index (χ3v) is 4.87. The molecule has 5 nitrogen and oxygen atoms in total. The van der Waals surface area contributed by atoms with E-state index in [2.05, 4.69) is 15.3 Å². The third-order valence-electron chi connectivity index (χ3n) is 4.58. The number of aromatic nitrogens is 2. The van der Waals surface area contributed by atoms with E-state index in [0.717, 1.165) is 0 Å².